The molecular formula is C16H17F3N2O7. The third-order valence-electron chi connectivity index (χ3n) is 3.33. The zero-order valence-electron chi connectivity index (χ0n) is 14.9. The number of nitrogens with zero attached hydrogens (tertiary/aromatic N) is 2. The molecule has 1 aromatic carbocycles. The molecule has 0 saturated carbocycles. The van der Waals surface area contributed by atoms with E-state index in [4.69, 9.17) is 0 Å². The van der Waals surface area contributed by atoms with Gasteiger partial charge in [-0.1, -0.05) is 0 Å². The van der Waals surface area contributed by atoms with Crippen molar-refractivity contribution in [1.82, 2.24) is 0 Å². The summed E-state index contributed by atoms with van der Waals surface area (Å²) < 4.78 is 47.8. The Kier molecular flexibility index (Phi) is 7.89. The molecule has 28 heavy (non-hydrogen) atoms. The van der Waals surface area contributed by atoms with Crippen LogP contribution in [0.15, 0.2) is 18.2 Å². The molecule has 0 radical (unpaired) electrons. The summed E-state index contributed by atoms with van der Waals surface area (Å²) >= 11 is 0. The largest absolute Gasteiger partial charge is 0.466 e. The summed E-state index contributed by atoms with van der Waals surface area (Å²) in [5, 5.41) is 11.3. The normalized spacial score (nSPS) is 10.9. The Balaban J connectivity index is 3.38. The molecule has 9 nitrogen and oxygen atoms in total. The van der Waals surface area contributed by atoms with Crippen LogP contribution in [0.2, 0.25) is 0 Å². The first-order valence-electron chi connectivity index (χ1n) is 8.02. The van der Waals surface area contributed by atoms with E-state index in [1.54, 1.807) is 0 Å². The van der Waals surface area contributed by atoms with E-state index in [-0.39, 0.29) is 19.3 Å². The maximum Gasteiger partial charge on any atom is 0.416 e. The van der Waals surface area contributed by atoms with Crippen molar-refractivity contribution < 1.29 is 42.0 Å². The molecule has 0 atom stereocenters. The summed E-state index contributed by atoms with van der Waals surface area (Å²) in [4.78, 5) is 46.3. The number of esters is 2. The molecule has 0 saturated heterocycles. The van der Waals surface area contributed by atoms with Gasteiger partial charge in [-0.25, -0.2) is 4.79 Å². The Bertz CT molecular complexity index is 765. The molecule has 154 valence electrons. The average molecular weight is 406 g/mol. The number of hydrogen-bond donors (Lipinski definition) is 0. The van der Waals surface area contributed by atoms with Crippen LogP contribution in [0.1, 0.15) is 25.8 Å². The lowest BCUT2D eigenvalue weighted by atomic mass is 10.1. The lowest BCUT2D eigenvalue weighted by molar-refractivity contribution is -0.384. The lowest BCUT2D eigenvalue weighted by Gasteiger charge is -2.21. The minimum absolute atomic E-state index is 0.0328. The summed E-state index contributed by atoms with van der Waals surface area (Å²) in [5.74, 6) is -3.51. The van der Waals surface area contributed by atoms with Crippen LogP contribution >= 0.6 is 0 Å². The van der Waals surface area contributed by atoms with Crippen molar-refractivity contribution in [2.75, 3.05) is 24.7 Å². The van der Waals surface area contributed by atoms with Crippen molar-refractivity contribution in [2.24, 2.45) is 0 Å². The zero-order valence-corrected chi connectivity index (χ0v) is 14.9. The van der Waals surface area contributed by atoms with E-state index in [2.05, 4.69) is 9.47 Å². The van der Waals surface area contributed by atoms with Gasteiger partial charge in [-0.05, 0) is 26.0 Å². The van der Waals surface area contributed by atoms with Gasteiger partial charge < -0.3 is 9.47 Å². The molecule has 1 amide bonds. The van der Waals surface area contributed by atoms with Crippen molar-refractivity contribution >= 4 is 29.2 Å². The highest BCUT2D eigenvalue weighted by molar-refractivity contribution is 6.38. The number of rotatable bonds is 7. The Morgan fingerprint density at radius 3 is 2.25 bits per heavy atom. The van der Waals surface area contributed by atoms with Crippen molar-refractivity contribution in [3.8, 4) is 0 Å². The van der Waals surface area contributed by atoms with E-state index in [1.807, 2.05) is 0 Å². The zero-order chi connectivity index (χ0) is 21.5. The number of anilines is 1. The molecule has 0 aliphatic heterocycles. The van der Waals surface area contributed by atoms with Gasteiger partial charge in [0.1, 0.15) is 5.69 Å². The quantitative estimate of drug-likeness (QED) is 0.296. The predicted octanol–water partition coefficient (Wildman–Crippen LogP) is 2.46. The summed E-state index contributed by atoms with van der Waals surface area (Å²) in [6.45, 7) is 2.26. The second-order valence-electron chi connectivity index (χ2n) is 5.19. The molecule has 1 rings (SSSR count). The number of benzene rings is 1. The van der Waals surface area contributed by atoms with Crippen LogP contribution in [0.25, 0.3) is 0 Å². The van der Waals surface area contributed by atoms with Gasteiger partial charge in [-0.3, -0.25) is 24.6 Å². The second kappa shape index (κ2) is 9.67. The van der Waals surface area contributed by atoms with Crippen molar-refractivity contribution in [3.05, 3.63) is 33.9 Å². The fourth-order valence-corrected chi connectivity index (χ4v) is 2.14. The maximum atomic E-state index is 12.9. The summed E-state index contributed by atoms with van der Waals surface area (Å²) in [7, 11) is 0. The monoisotopic (exact) mass is 406 g/mol. The number of nitro groups is 1. The van der Waals surface area contributed by atoms with Crippen LogP contribution in [0.3, 0.4) is 0 Å². The molecule has 0 bridgehead atoms. The van der Waals surface area contributed by atoms with Crippen LogP contribution in [-0.2, 0) is 30.0 Å². The third kappa shape index (κ3) is 5.93. The molecule has 12 heteroatoms. The molecule has 0 aromatic heterocycles. The minimum atomic E-state index is -4.86. The van der Waals surface area contributed by atoms with Crippen LogP contribution in [0.5, 0.6) is 0 Å². The van der Waals surface area contributed by atoms with E-state index in [9.17, 15) is 37.7 Å². The number of alkyl halides is 3. The first kappa shape index (κ1) is 22.9. The van der Waals surface area contributed by atoms with Gasteiger partial charge in [0.2, 0.25) is 0 Å². The van der Waals surface area contributed by atoms with Gasteiger partial charge in [0, 0.05) is 12.6 Å². The van der Waals surface area contributed by atoms with E-state index < -0.39 is 58.8 Å². The molecular weight excluding hydrogens is 389 g/mol. The van der Waals surface area contributed by atoms with Gasteiger partial charge in [0.05, 0.1) is 30.1 Å². The molecule has 0 spiro atoms. The number of carbonyl (C=O) groups excluding carboxylic acids is 3. The molecule has 0 heterocycles. The minimum Gasteiger partial charge on any atom is -0.466 e. The van der Waals surface area contributed by atoms with Gasteiger partial charge in [0.15, 0.2) is 0 Å². The number of amides is 1. The predicted molar refractivity (Wildman–Crippen MR) is 88.3 cm³/mol. The highest BCUT2D eigenvalue weighted by Crippen LogP contribution is 2.36. The Hall–Kier alpha value is -3.18. The van der Waals surface area contributed by atoms with E-state index in [0.717, 1.165) is 0 Å². The van der Waals surface area contributed by atoms with Gasteiger partial charge in [-0.2, -0.15) is 13.2 Å². The number of ether oxygens (including phenoxy) is 2. The van der Waals surface area contributed by atoms with Crippen LogP contribution in [-0.4, -0.2) is 42.5 Å². The fourth-order valence-electron chi connectivity index (χ4n) is 2.14. The van der Waals surface area contributed by atoms with Gasteiger partial charge >= 0.3 is 24.0 Å². The smallest absolute Gasteiger partial charge is 0.416 e. The number of carbonyl (C=O) groups is 3. The highest BCUT2D eigenvalue weighted by Gasteiger charge is 2.36. The average Bonchev–Trinajstić information content (AvgIpc) is 2.61. The molecule has 1 aromatic rings. The van der Waals surface area contributed by atoms with Gasteiger partial charge in [-0.15, -0.1) is 0 Å². The van der Waals surface area contributed by atoms with E-state index >= 15 is 0 Å². The number of halogens is 3. The highest BCUT2D eigenvalue weighted by atomic mass is 19.4. The van der Waals surface area contributed by atoms with E-state index in [1.165, 1.54) is 13.8 Å². The second-order valence-corrected chi connectivity index (χ2v) is 5.19. The van der Waals surface area contributed by atoms with E-state index in [0.29, 0.717) is 17.0 Å². The Morgan fingerprint density at radius 2 is 1.75 bits per heavy atom. The molecule has 0 N–H and O–H groups in total. The standard InChI is InChI=1S/C16H17F3N2O7/c1-3-27-13(22)7-8-20(14(23)15(24)28-4-2)11-6-5-10(16(17,18)19)9-12(11)21(25)26/h5-6,9H,3-4,7-8H2,1-2H3. The number of hydrogen-bond acceptors (Lipinski definition) is 7. The van der Waals surface area contributed by atoms with Crippen LogP contribution < -0.4 is 4.90 Å². The van der Waals surface area contributed by atoms with Crippen molar-refractivity contribution in [1.29, 1.82) is 0 Å². The third-order valence-corrected chi connectivity index (χ3v) is 3.33. The molecule has 0 aliphatic rings. The molecule has 0 aliphatic carbocycles. The van der Waals surface area contributed by atoms with Crippen LogP contribution in [0.4, 0.5) is 24.5 Å². The first-order chi connectivity index (χ1) is 13.0. The van der Waals surface area contributed by atoms with Crippen molar-refractivity contribution in [3.63, 3.8) is 0 Å². The van der Waals surface area contributed by atoms with Gasteiger partial charge in [0.25, 0.3) is 5.69 Å². The molecule has 0 unspecified atom stereocenters. The van der Waals surface area contributed by atoms with Crippen molar-refractivity contribution in [2.45, 2.75) is 26.4 Å². The Labute approximate surface area is 157 Å². The fraction of sp³-hybridized carbons (Fsp3) is 0.438. The number of nitro benzene ring substituents is 1. The summed E-state index contributed by atoms with van der Waals surface area (Å²) in [6, 6.07) is 1.45. The topological polar surface area (TPSA) is 116 Å². The summed E-state index contributed by atoms with van der Waals surface area (Å²) in [5.41, 5.74) is -2.95. The first-order valence-corrected chi connectivity index (χ1v) is 8.02. The maximum absolute atomic E-state index is 12.9. The molecule has 0 fully saturated rings. The van der Waals surface area contributed by atoms with Crippen LogP contribution in [0, 0.1) is 10.1 Å². The Morgan fingerprint density at radius 1 is 1.14 bits per heavy atom. The lowest BCUT2D eigenvalue weighted by Crippen LogP contribution is -2.39. The SMILES string of the molecule is CCOC(=O)CCN(C(=O)C(=O)OCC)c1ccc(C(F)(F)F)cc1[N+](=O)[O-]. The summed E-state index contributed by atoms with van der Waals surface area (Å²) in [6.07, 6.45) is -5.30.